The van der Waals surface area contributed by atoms with Gasteiger partial charge in [0.2, 0.25) is 5.91 Å². The first-order valence-electron chi connectivity index (χ1n) is 9.76. The van der Waals surface area contributed by atoms with Crippen LogP contribution in [0.5, 0.6) is 0 Å². The van der Waals surface area contributed by atoms with Gasteiger partial charge >= 0.3 is 0 Å². The molecule has 0 unspecified atom stereocenters. The minimum absolute atomic E-state index is 0.00440. The van der Waals surface area contributed by atoms with Crippen LogP contribution in [0.15, 0.2) is 42.5 Å². The number of carbonyl (C=O) groups is 2. The van der Waals surface area contributed by atoms with Gasteiger partial charge in [-0.15, -0.1) is 0 Å². The second-order valence-electron chi connectivity index (χ2n) is 7.76. The molecule has 1 saturated heterocycles. The van der Waals surface area contributed by atoms with E-state index in [2.05, 4.69) is 23.2 Å². The molecule has 5 heteroatoms. The third-order valence-corrected chi connectivity index (χ3v) is 6.11. The van der Waals surface area contributed by atoms with E-state index in [1.807, 2.05) is 41.3 Å². The van der Waals surface area contributed by atoms with E-state index in [0.29, 0.717) is 5.56 Å². The lowest BCUT2D eigenvalue weighted by Gasteiger charge is -2.36. The molecule has 5 nitrogen and oxygen atoms in total. The summed E-state index contributed by atoms with van der Waals surface area (Å²) in [4.78, 5) is 29.8. The lowest BCUT2D eigenvalue weighted by atomic mass is 9.95. The molecule has 0 bridgehead atoms. The Hall–Kier alpha value is -2.82. The van der Waals surface area contributed by atoms with Gasteiger partial charge in [0.05, 0.1) is 11.4 Å². The summed E-state index contributed by atoms with van der Waals surface area (Å²) in [5.74, 6) is 0.0385. The molecular formula is C22H23N3O2. The maximum atomic E-state index is 13.4. The summed E-state index contributed by atoms with van der Waals surface area (Å²) in [6.07, 6.45) is 3.88. The Morgan fingerprint density at radius 3 is 2.85 bits per heavy atom. The smallest absolute Gasteiger partial charge is 0.258 e. The highest BCUT2D eigenvalue weighted by Gasteiger charge is 2.37. The van der Waals surface area contributed by atoms with E-state index in [1.54, 1.807) is 0 Å². The Balaban J connectivity index is 1.52. The van der Waals surface area contributed by atoms with Crippen LogP contribution >= 0.6 is 0 Å². The number of aryl methyl sites for hydroxylation is 1. The van der Waals surface area contributed by atoms with Gasteiger partial charge in [-0.05, 0) is 62.4 Å². The monoisotopic (exact) mass is 361 g/mol. The van der Waals surface area contributed by atoms with Crippen LogP contribution in [0, 0.1) is 0 Å². The van der Waals surface area contributed by atoms with Gasteiger partial charge in [-0.25, -0.2) is 0 Å². The number of hydrogen-bond acceptors (Lipinski definition) is 3. The molecule has 1 fully saturated rings. The molecule has 2 atom stereocenters. The summed E-state index contributed by atoms with van der Waals surface area (Å²) in [6, 6.07) is 14.0. The fourth-order valence-corrected chi connectivity index (χ4v) is 4.70. The van der Waals surface area contributed by atoms with Crippen molar-refractivity contribution in [2.45, 2.75) is 44.7 Å². The number of nitrogens with zero attached hydrogens (tertiary/aromatic N) is 2. The van der Waals surface area contributed by atoms with Gasteiger partial charge < -0.3 is 15.1 Å². The maximum absolute atomic E-state index is 13.4. The lowest BCUT2D eigenvalue weighted by molar-refractivity contribution is -0.117. The predicted octanol–water partition coefficient (Wildman–Crippen LogP) is 3.59. The Bertz CT molecular complexity index is 939. The van der Waals surface area contributed by atoms with Crippen LogP contribution in [0.4, 0.5) is 17.1 Å². The molecule has 3 heterocycles. The summed E-state index contributed by atoms with van der Waals surface area (Å²) in [6.45, 7) is 3.00. The number of hydrogen-bond donors (Lipinski definition) is 1. The molecule has 2 aromatic rings. The summed E-state index contributed by atoms with van der Waals surface area (Å²) in [7, 11) is 0. The summed E-state index contributed by atoms with van der Waals surface area (Å²) in [5.41, 5.74) is 4.62. The molecule has 2 aromatic carbocycles. The number of nitrogens with one attached hydrogen (secondary N) is 1. The average molecular weight is 361 g/mol. The van der Waals surface area contributed by atoms with Gasteiger partial charge in [0.25, 0.3) is 5.91 Å². The number of benzene rings is 2. The average Bonchev–Trinajstić information content (AvgIpc) is 3.18. The first-order chi connectivity index (χ1) is 13.1. The first-order valence-corrected chi connectivity index (χ1v) is 9.76. The number of carbonyl (C=O) groups excluding carboxylic acids is 2. The number of fused-ring (bicyclic) bond motifs is 4. The second kappa shape index (κ2) is 6.12. The molecule has 0 aromatic heterocycles. The zero-order valence-electron chi connectivity index (χ0n) is 15.4. The van der Waals surface area contributed by atoms with Gasteiger partial charge in [-0.2, -0.15) is 0 Å². The van der Waals surface area contributed by atoms with Crippen LogP contribution in [0.3, 0.4) is 0 Å². The van der Waals surface area contributed by atoms with Crippen molar-refractivity contribution in [1.29, 1.82) is 0 Å². The van der Waals surface area contributed by atoms with Gasteiger partial charge in [-0.1, -0.05) is 18.2 Å². The molecule has 0 spiro atoms. The maximum Gasteiger partial charge on any atom is 0.258 e. The largest absolute Gasteiger partial charge is 0.358 e. The molecular weight excluding hydrogens is 338 g/mol. The molecule has 0 radical (unpaired) electrons. The van der Waals surface area contributed by atoms with Crippen LogP contribution < -0.4 is 15.1 Å². The van der Waals surface area contributed by atoms with Gasteiger partial charge in [0.1, 0.15) is 6.04 Å². The topological polar surface area (TPSA) is 52.7 Å². The normalized spacial score (nSPS) is 23.4. The summed E-state index contributed by atoms with van der Waals surface area (Å²) < 4.78 is 0. The molecule has 1 N–H and O–H groups in total. The third-order valence-electron chi connectivity index (χ3n) is 6.11. The molecule has 3 aliphatic heterocycles. The molecule has 3 aliphatic rings. The first kappa shape index (κ1) is 16.4. The zero-order chi connectivity index (χ0) is 18.5. The third kappa shape index (κ3) is 2.52. The lowest BCUT2D eigenvalue weighted by Crippen LogP contribution is -2.44. The summed E-state index contributed by atoms with van der Waals surface area (Å²) in [5, 5.41) is 3.01. The van der Waals surface area contributed by atoms with E-state index in [4.69, 9.17) is 0 Å². The van der Waals surface area contributed by atoms with Crippen LogP contribution in [0.1, 0.15) is 42.1 Å². The molecule has 0 saturated carbocycles. The Labute approximate surface area is 159 Å². The van der Waals surface area contributed by atoms with Gasteiger partial charge in [0.15, 0.2) is 0 Å². The van der Waals surface area contributed by atoms with Crippen molar-refractivity contribution in [2.24, 2.45) is 0 Å². The van der Waals surface area contributed by atoms with E-state index < -0.39 is 0 Å². The quantitative estimate of drug-likeness (QED) is 0.845. The van der Waals surface area contributed by atoms with Crippen molar-refractivity contribution >= 4 is 28.9 Å². The number of para-hydroxylation sites is 1. The SMILES string of the molecule is C[C@H]1CCc2ccccc2N1C(=O)c1ccc2c(c1)NC(=O)[C@@H]1CCCN21. The van der Waals surface area contributed by atoms with E-state index in [0.717, 1.165) is 49.3 Å². The van der Waals surface area contributed by atoms with Crippen LogP contribution in [0.25, 0.3) is 0 Å². The van der Waals surface area contributed by atoms with Crippen molar-refractivity contribution in [3.05, 3.63) is 53.6 Å². The highest BCUT2D eigenvalue weighted by molar-refractivity contribution is 6.10. The Morgan fingerprint density at radius 2 is 1.96 bits per heavy atom. The fraction of sp³-hybridized carbons (Fsp3) is 0.364. The van der Waals surface area contributed by atoms with Crippen LogP contribution in [-0.4, -0.2) is 30.4 Å². The second-order valence-corrected chi connectivity index (χ2v) is 7.76. The zero-order valence-corrected chi connectivity index (χ0v) is 15.4. The summed E-state index contributed by atoms with van der Waals surface area (Å²) >= 11 is 0. The van der Waals surface area contributed by atoms with Crippen LogP contribution in [-0.2, 0) is 11.2 Å². The number of anilines is 3. The minimum atomic E-state index is -0.0620. The van der Waals surface area contributed by atoms with Crippen molar-refractivity contribution in [1.82, 2.24) is 0 Å². The van der Waals surface area contributed by atoms with Gasteiger partial charge in [0, 0.05) is 23.8 Å². The Kier molecular flexibility index (Phi) is 3.71. The minimum Gasteiger partial charge on any atom is -0.358 e. The van der Waals surface area contributed by atoms with Crippen molar-refractivity contribution < 1.29 is 9.59 Å². The van der Waals surface area contributed by atoms with Crippen LogP contribution in [0.2, 0.25) is 0 Å². The molecule has 138 valence electrons. The van der Waals surface area contributed by atoms with Crippen molar-refractivity contribution in [2.75, 3.05) is 21.7 Å². The van der Waals surface area contributed by atoms with E-state index >= 15 is 0 Å². The standard InChI is InChI=1S/C22H23N3O2/c1-14-8-9-15-5-2-3-6-18(15)25(14)22(27)16-10-11-19-17(13-16)23-21(26)20-7-4-12-24(19)20/h2-3,5-6,10-11,13-14,20H,4,7-9,12H2,1H3,(H,23,26)/t14-,20-/m0/s1. The van der Waals surface area contributed by atoms with Crippen molar-refractivity contribution in [3.8, 4) is 0 Å². The van der Waals surface area contributed by atoms with E-state index in [-0.39, 0.29) is 23.9 Å². The molecule has 27 heavy (non-hydrogen) atoms. The highest BCUT2D eigenvalue weighted by Crippen LogP contribution is 2.38. The number of rotatable bonds is 1. The van der Waals surface area contributed by atoms with Crippen molar-refractivity contribution in [3.63, 3.8) is 0 Å². The highest BCUT2D eigenvalue weighted by atomic mass is 16.2. The molecule has 0 aliphatic carbocycles. The Morgan fingerprint density at radius 1 is 1.11 bits per heavy atom. The number of amides is 2. The van der Waals surface area contributed by atoms with E-state index in [9.17, 15) is 9.59 Å². The van der Waals surface area contributed by atoms with Gasteiger partial charge in [-0.3, -0.25) is 9.59 Å². The molecule has 2 amide bonds. The van der Waals surface area contributed by atoms with E-state index in [1.165, 1.54) is 5.56 Å². The molecule has 5 rings (SSSR count). The predicted molar refractivity (Wildman–Crippen MR) is 106 cm³/mol. The fourth-order valence-electron chi connectivity index (χ4n) is 4.70.